The molecule has 1 nitrogen and oxygen atoms in total. The fourth-order valence-electron chi connectivity index (χ4n) is 0. The molecule has 0 aromatic rings. The number of rotatable bonds is 0. The van der Waals surface area contributed by atoms with Crippen molar-refractivity contribution < 1.29 is 8.33 Å². The van der Waals surface area contributed by atoms with Gasteiger partial charge in [0.05, 0.1) is 0 Å². The minimum Gasteiger partial charge on any atom is -1.00 e. The molecule has 0 aliphatic heterocycles. The van der Waals surface area contributed by atoms with Crippen LogP contribution in [0.25, 0.3) is 0 Å². The van der Waals surface area contributed by atoms with Crippen molar-refractivity contribution in [1.29, 1.82) is 0 Å². The number of hydrogen-bond acceptors (Lipinski definition) is 0. The van der Waals surface area contributed by atoms with E-state index in [1.165, 1.54) is 0 Å². The Bertz CT molecular complexity index is 16.3. The first kappa shape index (κ1) is 21.6. The summed E-state index contributed by atoms with van der Waals surface area (Å²) in [6.07, 6.45) is 8.00. The Hall–Kier alpha value is 0.780. The molecule has 4 heavy (non-hydrogen) atoms. The van der Waals surface area contributed by atoms with Gasteiger partial charge in [0.25, 0.3) is 0 Å². The van der Waals surface area contributed by atoms with Gasteiger partial charge in [-0.3, -0.25) is 0 Å². The molecule has 0 aliphatic rings. The predicted molar refractivity (Wildman–Crippen MR) is 21.5 cm³/mol. The van der Waals surface area contributed by atoms with Gasteiger partial charge in [-0.2, -0.15) is 0 Å². The Balaban J connectivity index is -0.000000000833. The average molecular weight is 86.1 g/mol. The van der Waals surface area contributed by atoms with Gasteiger partial charge in [0.15, 0.2) is 0 Å². The van der Waals surface area contributed by atoms with Gasteiger partial charge in [-0.1, -0.05) is 0 Å². The van der Waals surface area contributed by atoms with Crippen LogP contribution in [0.5, 0.6) is 0 Å². The fourth-order valence-corrected chi connectivity index (χ4v) is 0. The van der Waals surface area contributed by atoms with Crippen LogP contribution < -0.4 is 0 Å². The van der Waals surface area contributed by atoms with Gasteiger partial charge in [0.1, 0.15) is 0 Å². The normalized spacial score (nSPS) is 0.500. The quantitative estimate of drug-likeness (QED) is 0.275. The summed E-state index contributed by atoms with van der Waals surface area (Å²) < 4.78 is 0. The first-order chi connectivity index (χ1) is 1.00. The Labute approximate surface area is 58.7 Å². The summed E-state index contributed by atoms with van der Waals surface area (Å²) >= 11 is 0. The molecule has 0 fully saturated rings. The molecule has 2 heteroatoms. The van der Waals surface area contributed by atoms with Gasteiger partial charge in [-0.05, 0) is 0 Å². The third-order valence-corrected chi connectivity index (χ3v) is 0. The zero-order valence-electron chi connectivity index (χ0n) is 4.36. The van der Waals surface area contributed by atoms with E-state index in [-0.39, 0.29) is 46.1 Å². The summed E-state index contributed by atoms with van der Waals surface area (Å²) in [5.74, 6) is 0. The fraction of sp³-hybridized carbons (Fsp3) is 0. The van der Waals surface area contributed by atoms with E-state index >= 15 is 0 Å². The minimum atomic E-state index is 0. The molecule has 0 atom stereocenters. The van der Waals surface area contributed by atoms with Crippen molar-refractivity contribution in [3.8, 4) is 12.8 Å². The molecule has 0 saturated heterocycles. The monoisotopic (exact) mass is 86.0 g/mol. The maximum absolute atomic E-state index is 4.00. The molecule has 0 aliphatic carbocycles. The summed E-state index contributed by atoms with van der Waals surface area (Å²) in [6.45, 7) is 0. The molecule has 0 saturated carbocycles. The van der Waals surface area contributed by atoms with Crippen LogP contribution in [0.15, 0.2) is 0 Å². The van der Waals surface area contributed by atoms with Crippen LogP contribution in [-0.2, 0) is 0 Å². The molecule has 0 heterocycles. The van der Waals surface area contributed by atoms with Crippen LogP contribution in [0.4, 0.5) is 0 Å². The van der Waals surface area contributed by atoms with Crippen molar-refractivity contribution in [3.05, 3.63) is 0 Å². The topological polar surface area (TPSA) is 31.5 Å². The van der Waals surface area contributed by atoms with Crippen molar-refractivity contribution >= 4 is 37.7 Å². The van der Waals surface area contributed by atoms with Crippen LogP contribution >= 0.6 is 0 Å². The molecule has 0 aromatic carbocycles. The summed E-state index contributed by atoms with van der Waals surface area (Å²) in [7, 11) is 0. The molecule has 0 bridgehead atoms. The number of hydrogen-bond donors (Lipinski definition) is 0. The van der Waals surface area contributed by atoms with E-state index in [1.807, 2.05) is 0 Å². The summed E-state index contributed by atoms with van der Waals surface area (Å²) in [5.41, 5.74) is 0. The van der Waals surface area contributed by atoms with Crippen molar-refractivity contribution in [3.63, 3.8) is 0 Å². The van der Waals surface area contributed by atoms with E-state index in [9.17, 15) is 0 Å². The van der Waals surface area contributed by atoms with Crippen molar-refractivity contribution in [2.24, 2.45) is 0 Å². The standard InChI is InChI=1S/C2H2.Ca.H2O.2H/c1-2;;;;/h1-2H;;1H2;;/q;+2;;2*-1. The second-order valence-electron chi connectivity index (χ2n) is 0. The number of terminal acetylenes is 1. The Morgan fingerprint density at radius 2 is 1.25 bits per heavy atom. The molecule has 0 aromatic heterocycles. The van der Waals surface area contributed by atoms with Crippen molar-refractivity contribution in [1.82, 2.24) is 0 Å². The van der Waals surface area contributed by atoms with Gasteiger partial charge < -0.3 is 8.33 Å². The molecule has 0 unspecified atom stereocenters. The first-order valence-corrected chi connectivity index (χ1v) is 0.333. The zero-order valence-corrected chi connectivity index (χ0v) is 4.57. The van der Waals surface area contributed by atoms with Crippen LogP contribution in [0.2, 0.25) is 0 Å². The summed E-state index contributed by atoms with van der Waals surface area (Å²) in [5, 5.41) is 0. The van der Waals surface area contributed by atoms with E-state index in [0.717, 1.165) is 0 Å². The smallest absolute Gasteiger partial charge is 1.00 e. The SMILES string of the molecule is C#C.O.[Ca+2].[H-].[H-]. The summed E-state index contributed by atoms with van der Waals surface area (Å²) in [6, 6.07) is 0. The van der Waals surface area contributed by atoms with E-state index < -0.39 is 0 Å². The molecule has 0 radical (unpaired) electrons. The van der Waals surface area contributed by atoms with Crippen LogP contribution in [0.1, 0.15) is 2.85 Å². The molecular weight excluding hydrogens is 80.1 g/mol. The third-order valence-electron chi connectivity index (χ3n) is 0. The largest absolute Gasteiger partial charge is 2.00 e. The summed E-state index contributed by atoms with van der Waals surface area (Å²) in [4.78, 5) is 0. The van der Waals surface area contributed by atoms with E-state index in [4.69, 9.17) is 0 Å². The van der Waals surface area contributed by atoms with Gasteiger partial charge in [-0.15, -0.1) is 12.8 Å². The van der Waals surface area contributed by atoms with Crippen LogP contribution in [0, 0.1) is 12.8 Å². The second-order valence-corrected chi connectivity index (χ2v) is 0. The first-order valence-electron chi connectivity index (χ1n) is 0.333. The van der Waals surface area contributed by atoms with E-state index in [1.54, 1.807) is 0 Å². The molecule has 0 spiro atoms. The molecule has 0 amide bonds. The Morgan fingerprint density at radius 1 is 1.25 bits per heavy atom. The van der Waals surface area contributed by atoms with Crippen molar-refractivity contribution in [2.75, 3.05) is 0 Å². The maximum Gasteiger partial charge on any atom is 2.00 e. The van der Waals surface area contributed by atoms with Crippen molar-refractivity contribution in [2.45, 2.75) is 0 Å². The minimum absolute atomic E-state index is 0. The van der Waals surface area contributed by atoms with E-state index in [0.29, 0.717) is 0 Å². The Kier molecular flexibility index (Phi) is 259. The molecular formula is C2H6CaO. The molecule has 0 rings (SSSR count). The second kappa shape index (κ2) is 48.0. The molecule has 2 N–H and O–H groups in total. The Morgan fingerprint density at radius 3 is 1.25 bits per heavy atom. The average Bonchev–Trinajstić information content (AvgIpc) is 1.00. The third kappa shape index (κ3) is 14.5. The van der Waals surface area contributed by atoms with Gasteiger partial charge >= 0.3 is 37.7 Å². The maximum atomic E-state index is 4.00. The molecule has 22 valence electrons. The van der Waals surface area contributed by atoms with E-state index in [2.05, 4.69) is 12.8 Å². The predicted octanol–water partition coefficient (Wildman–Crippen LogP) is -0.731. The van der Waals surface area contributed by atoms with Gasteiger partial charge in [-0.25, -0.2) is 0 Å². The van der Waals surface area contributed by atoms with Crippen LogP contribution in [-0.4, -0.2) is 43.2 Å². The zero-order chi connectivity index (χ0) is 2.00. The van der Waals surface area contributed by atoms with Gasteiger partial charge in [0.2, 0.25) is 0 Å². The van der Waals surface area contributed by atoms with Crippen LogP contribution in [0.3, 0.4) is 0 Å². The van der Waals surface area contributed by atoms with Gasteiger partial charge in [0, 0.05) is 0 Å².